The standard InChI is InChI=1S/C17H12F3N5O2/c18-11-2-3-12(16(20)15(11)19)24-14(26)8-23-17(27)10-1-4-13(22-7-10)25-6-5-21-9-25/h1-7,9H,8H2,(H,23,27)(H,24,26). The van der Waals surface area contributed by atoms with Crippen molar-refractivity contribution < 1.29 is 22.8 Å². The Morgan fingerprint density at radius 3 is 2.56 bits per heavy atom. The summed E-state index contributed by atoms with van der Waals surface area (Å²) >= 11 is 0. The van der Waals surface area contributed by atoms with E-state index in [0.29, 0.717) is 11.9 Å². The SMILES string of the molecule is O=C(CNC(=O)c1ccc(-n2ccnc2)nc1)Nc1ccc(F)c(F)c1F. The van der Waals surface area contributed by atoms with Crippen LogP contribution in [0.25, 0.3) is 5.82 Å². The van der Waals surface area contributed by atoms with Gasteiger partial charge in [0.15, 0.2) is 17.5 Å². The fourth-order valence-electron chi connectivity index (χ4n) is 2.15. The molecule has 138 valence electrons. The molecule has 0 aliphatic carbocycles. The van der Waals surface area contributed by atoms with E-state index in [1.807, 2.05) is 0 Å². The van der Waals surface area contributed by atoms with Crippen LogP contribution >= 0.6 is 0 Å². The molecule has 0 aliphatic heterocycles. The number of rotatable bonds is 5. The molecule has 0 aliphatic rings. The van der Waals surface area contributed by atoms with Gasteiger partial charge in [-0.3, -0.25) is 14.2 Å². The number of amides is 2. The third-order valence-corrected chi connectivity index (χ3v) is 3.50. The Balaban J connectivity index is 1.57. The maximum absolute atomic E-state index is 13.5. The lowest BCUT2D eigenvalue weighted by atomic mass is 10.2. The molecule has 0 radical (unpaired) electrons. The zero-order chi connectivity index (χ0) is 19.4. The van der Waals surface area contributed by atoms with Gasteiger partial charge in [-0.05, 0) is 24.3 Å². The van der Waals surface area contributed by atoms with E-state index in [4.69, 9.17) is 0 Å². The van der Waals surface area contributed by atoms with Crippen molar-refractivity contribution >= 4 is 17.5 Å². The van der Waals surface area contributed by atoms with Crippen molar-refractivity contribution in [1.82, 2.24) is 19.9 Å². The van der Waals surface area contributed by atoms with Crippen molar-refractivity contribution in [2.45, 2.75) is 0 Å². The van der Waals surface area contributed by atoms with Gasteiger partial charge in [-0.25, -0.2) is 23.1 Å². The summed E-state index contributed by atoms with van der Waals surface area (Å²) in [6.07, 6.45) is 6.13. The summed E-state index contributed by atoms with van der Waals surface area (Å²) in [7, 11) is 0. The number of pyridine rings is 1. The van der Waals surface area contributed by atoms with Gasteiger partial charge in [0.05, 0.1) is 17.8 Å². The number of aromatic nitrogens is 3. The van der Waals surface area contributed by atoms with E-state index in [1.54, 1.807) is 29.4 Å². The van der Waals surface area contributed by atoms with Gasteiger partial charge in [0.2, 0.25) is 5.91 Å². The number of carbonyl (C=O) groups is 2. The maximum atomic E-state index is 13.5. The molecule has 2 heterocycles. The molecule has 0 unspecified atom stereocenters. The van der Waals surface area contributed by atoms with Crippen LogP contribution in [-0.4, -0.2) is 32.9 Å². The second-order valence-corrected chi connectivity index (χ2v) is 5.33. The minimum atomic E-state index is -1.69. The van der Waals surface area contributed by atoms with E-state index >= 15 is 0 Å². The molecule has 27 heavy (non-hydrogen) atoms. The predicted octanol–water partition coefficient (Wildman–Crippen LogP) is 2.05. The number of nitrogens with one attached hydrogen (secondary N) is 2. The Kier molecular flexibility index (Phi) is 5.15. The number of anilines is 1. The Morgan fingerprint density at radius 2 is 1.89 bits per heavy atom. The fourth-order valence-corrected chi connectivity index (χ4v) is 2.15. The van der Waals surface area contributed by atoms with Gasteiger partial charge in [0.25, 0.3) is 5.91 Å². The monoisotopic (exact) mass is 375 g/mol. The smallest absolute Gasteiger partial charge is 0.253 e. The van der Waals surface area contributed by atoms with Crippen LogP contribution in [0.4, 0.5) is 18.9 Å². The van der Waals surface area contributed by atoms with E-state index in [0.717, 1.165) is 6.07 Å². The summed E-state index contributed by atoms with van der Waals surface area (Å²) in [4.78, 5) is 31.8. The first-order chi connectivity index (χ1) is 13.0. The number of halogens is 3. The van der Waals surface area contributed by atoms with Crippen LogP contribution in [0.15, 0.2) is 49.2 Å². The number of imidazole rings is 1. The normalized spacial score (nSPS) is 10.5. The largest absolute Gasteiger partial charge is 0.343 e. The van der Waals surface area contributed by atoms with Crippen LogP contribution in [-0.2, 0) is 4.79 Å². The van der Waals surface area contributed by atoms with Crippen LogP contribution in [0.3, 0.4) is 0 Å². The molecule has 10 heteroatoms. The van der Waals surface area contributed by atoms with Crippen molar-refractivity contribution in [2.24, 2.45) is 0 Å². The predicted molar refractivity (Wildman–Crippen MR) is 88.6 cm³/mol. The summed E-state index contributed by atoms with van der Waals surface area (Å²) in [6, 6.07) is 4.66. The van der Waals surface area contributed by atoms with Gasteiger partial charge < -0.3 is 10.6 Å². The maximum Gasteiger partial charge on any atom is 0.253 e. The van der Waals surface area contributed by atoms with E-state index in [1.165, 1.54) is 12.3 Å². The van der Waals surface area contributed by atoms with E-state index in [9.17, 15) is 22.8 Å². The average Bonchev–Trinajstić information content (AvgIpc) is 3.21. The molecule has 3 rings (SSSR count). The van der Waals surface area contributed by atoms with Gasteiger partial charge in [-0.2, -0.15) is 0 Å². The lowest BCUT2D eigenvalue weighted by Gasteiger charge is -2.09. The van der Waals surface area contributed by atoms with E-state index in [2.05, 4.69) is 20.6 Å². The third-order valence-electron chi connectivity index (χ3n) is 3.50. The minimum Gasteiger partial charge on any atom is -0.343 e. The van der Waals surface area contributed by atoms with Crippen molar-refractivity contribution in [3.63, 3.8) is 0 Å². The molecule has 0 saturated carbocycles. The second-order valence-electron chi connectivity index (χ2n) is 5.33. The summed E-state index contributed by atoms with van der Waals surface area (Å²) in [5.41, 5.74) is -0.329. The average molecular weight is 375 g/mol. The Bertz CT molecular complexity index is 975. The molecule has 2 aromatic heterocycles. The first-order valence-electron chi connectivity index (χ1n) is 7.61. The lowest BCUT2D eigenvalue weighted by molar-refractivity contribution is -0.115. The Labute approximate surface area is 150 Å². The van der Waals surface area contributed by atoms with Crippen LogP contribution in [0.5, 0.6) is 0 Å². The first-order valence-corrected chi connectivity index (χ1v) is 7.61. The molecule has 7 nitrogen and oxygen atoms in total. The summed E-state index contributed by atoms with van der Waals surface area (Å²) in [6.45, 7) is -0.499. The number of hydrogen-bond donors (Lipinski definition) is 2. The molecular weight excluding hydrogens is 363 g/mol. The third kappa shape index (κ3) is 4.11. The highest BCUT2D eigenvalue weighted by Gasteiger charge is 2.16. The number of benzene rings is 1. The van der Waals surface area contributed by atoms with Crippen LogP contribution in [0, 0.1) is 17.5 Å². The molecule has 0 bridgehead atoms. The summed E-state index contributed by atoms with van der Waals surface area (Å²) in [5.74, 6) is -5.42. The molecule has 2 amide bonds. The first kappa shape index (κ1) is 18.1. The lowest BCUT2D eigenvalue weighted by Crippen LogP contribution is -2.33. The van der Waals surface area contributed by atoms with Gasteiger partial charge in [-0.1, -0.05) is 0 Å². The summed E-state index contributed by atoms with van der Waals surface area (Å²) < 4.78 is 41.1. The number of hydrogen-bond acceptors (Lipinski definition) is 4. The Morgan fingerprint density at radius 1 is 1.07 bits per heavy atom. The van der Waals surface area contributed by atoms with Crippen LogP contribution in [0.2, 0.25) is 0 Å². The Hall–Kier alpha value is -3.69. The van der Waals surface area contributed by atoms with E-state index in [-0.39, 0.29) is 5.56 Å². The zero-order valence-corrected chi connectivity index (χ0v) is 13.6. The summed E-state index contributed by atoms with van der Waals surface area (Å²) in [5, 5.41) is 4.37. The second kappa shape index (κ2) is 7.68. The molecule has 0 atom stereocenters. The van der Waals surface area contributed by atoms with Gasteiger partial charge >= 0.3 is 0 Å². The van der Waals surface area contributed by atoms with Crippen molar-refractivity contribution in [2.75, 3.05) is 11.9 Å². The minimum absolute atomic E-state index is 0.200. The number of nitrogens with zero attached hydrogens (tertiary/aromatic N) is 3. The highest BCUT2D eigenvalue weighted by molar-refractivity contribution is 5.99. The van der Waals surface area contributed by atoms with E-state index < -0.39 is 41.5 Å². The molecular formula is C17H12F3N5O2. The highest BCUT2D eigenvalue weighted by atomic mass is 19.2. The molecule has 0 fully saturated rings. The number of carbonyl (C=O) groups excluding carboxylic acids is 2. The van der Waals surface area contributed by atoms with Crippen molar-refractivity contribution in [1.29, 1.82) is 0 Å². The molecule has 0 spiro atoms. The molecule has 1 aromatic carbocycles. The quantitative estimate of drug-likeness (QED) is 0.668. The molecule has 2 N–H and O–H groups in total. The van der Waals surface area contributed by atoms with Gasteiger partial charge in [0, 0.05) is 18.6 Å². The van der Waals surface area contributed by atoms with Gasteiger partial charge in [-0.15, -0.1) is 0 Å². The van der Waals surface area contributed by atoms with Gasteiger partial charge in [0.1, 0.15) is 12.1 Å². The molecule has 0 saturated heterocycles. The highest BCUT2D eigenvalue weighted by Crippen LogP contribution is 2.19. The van der Waals surface area contributed by atoms with Crippen LogP contribution < -0.4 is 10.6 Å². The topological polar surface area (TPSA) is 88.9 Å². The molecule has 3 aromatic rings. The van der Waals surface area contributed by atoms with Crippen LogP contribution in [0.1, 0.15) is 10.4 Å². The fraction of sp³-hybridized carbons (Fsp3) is 0.0588. The zero-order valence-electron chi connectivity index (χ0n) is 13.6. The van der Waals surface area contributed by atoms with Crippen molar-refractivity contribution in [3.05, 3.63) is 72.2 Å². The van der Waals surface area contributed by atoms with Crippen molar-refractivity contribution in [3.8, 4) is 5.82 Å².